The Morgan fingerprint density at radius 3 is 2.37 bits per heavy atom. The van der Waals surface area contributed by atoms with E-state index in [1.807, 2.05) is 0 Å². The molecular weight excluding hydrogens is 243 g/mol. The van der Waals surface area contributed by atoms with Gasteiger partial charge in [0.15, 0.2) is 0 Å². The largest absolute Gasteiger partial charge is 0.428 e. The minimum Gasteiger partial charge on any atom is -0.428 e. The number of halogens is 1. The second-order valence-electron chi connectivity index (χ2n) is 7.00. The number of ether oxygens (including phenoxy) is 1. The van der Waals surface area contributed by atoms with Gasteiger partial charge in [0.25, 0.3) is 5.85 Å². The highest BCUT2D eigenvalue weighted by Crippen LogP contribution is 2.52. The van der Waals surface area contributed by atoms with E-state index in [9.17, 15) is 9.18 Å². The van der Waals surface area contributed by atoms with Crippen LogP contribution in [0.3, 0.4) is 0 Å². The van der Waals surface area contributed by atoms with Gasteiger partial charge in [0.05, 0.1) is 5.41 Å². The number of rotatable bonds is 2. The van der Waals surface area contributed by atoms with E-state index in [1.54, 1.807) is 0 Å². The van der Waals surface area contributed by atoms with Gasteiger partial charge in [0.2, 0.25) is 0 Å². The smallest absolute Gasteiger partial charge is 0.315 e. The first-order chi connectivity index (χ1) is 9.12. The molecule has 1 aliphatic heterocycles. The van der Waals surface area contributed by atoms with Crippen molar-refractivity contribution in [1.29, 1.82) is 0 Å². The summed E-state index contributed by atoms with van der Waals surface area (Å²) in [5.74, 6) is -1.48. The molecule has 3 rings (SSSR count). The molecule has 1 spiro atoms. The van der Waals surface area contributed by atoms with Gasteiger partial charge in [0, 0.05) is 12.8 Å². The number of carbonyl (C=O) groups excluding carboxylic acids is 1. The molecule has 3 fully saturated rings. The fourth-order valence-corrected chi connectivity index (χ4v) is 4.43. The molecule has 0 bridgehead atoms. The maximum Gasteiger partial charge on any atom is 0.315 e. The summed E-state index contributed by atoms with van der Waals surface area (Å²) in [6.07, 6.45) is 11.6. The Hall–Kier alpha value is -0.600. The summed E-state index contributed by atoms with van der Waals surface area (Å²) in [7, 11) is 0. The van der Waals surface area contributed by atoms with Crippen LogP contribution in [0.5, 0.6) is 0 Å². The summed E-state index contributed by atoms with van der Waals surface area (Å²) in [5, 5.41) is 0. The van der Waals surface area contributed by atoms with Crippen LogP contribution in [-0.4, -0.2) is 11.8 Å². The maximum atomic E-state index is 14.9. The van der Waals surface area contributed by atoms with Gasteiger partial charge >= 0.3 is 5.97 Å². The van der Waals surface area contributed by atoms with Crippen LogP contribution in [0.25, 0.3) is 0 Å². The summed E-state index contributed by atoms with van der Waals surface area (Å²) >= 11 is 0. The summed E-state index contributed by atoms with van der Waals surface area (Å²) in [5.41, 5.74) is -0.471. The van der Waals surface area contributed by atoms with E-state index in [0.717, 1.165) is 38.5 Å². The highest BCUT2D eigenvalue weighted by Gasteiger charge is 2.57. The van der Waals surface area contributed by atoms with Crippen LogP contribution < -0.4 is 0 Å². The third-order valence-corrected chi connectivity index (χ3v) is 5.44. The Balaban J connectivity index is 1.66. The molecular formula is C16H25FO2. The molecule has 0 aromatic carbocycles. The SMILES string of the molecule is O=C1OC(F)(CC2CCCCC2)CC12CCCCC2. The summed E-state index contributed by atoms with van der Waals surface area (Å²) < 4.78 is 20.2. The first-order valence-electron chi connectivity index (χ1n) is 8.04. The summed E-state index contributed by atoms with van der Waals surface area (Å²) in [4.78, 5) is 12.1. The maximum absolute atomic E-state index is 14.9. The average molecular weight is 268 g/mol. The first-order valence-corrected chi connectivity index (χ1v) is 8.04. The summed E-state index contributed by atoms with van der Waals surface area (Å²) in [6, 6.07) is 0. The van der Waals surface area contributed by atoms with Crippen molar-refractivity contribution in [3.63, 3.8) is 0 Å². The van der Waals surface area contributed by atoms with Crippen LogP contribution in [-0.2, 0) is 9.53 Å². The van der Waals surface area contributed by atoms with Crippen LogP contribution in [0.15, 0.2) is 0 Å². The number of carbonyl (C=O) groups is 1. The Labute approximate surface area is 115 Å². The fourth-order valence-electron chi connectivity index (χ4n) is 4.43. The lowest BCUT2D eigenvalue weighted by atomic mass is 9.71. The Kier molecular flexibility index (Phi) is 3.57. The molecule has 0 radical (unpaired) electrons. The molecule has 2 nitrogen and oxygen atoms in total. The molecule has 3 heteroatoms. The van der Waals surface area contributed by atoms with Crippen LogP contribution >= 0.6 is 0 Å². The van der Waals surface area contributed by atoms with Gasteiger partial charge < -0.3 is 4.74 Å². The van der Waals surface area contributed by atoms with E-state index in [1.165, 1.54) is 25.7 Å². The predicted molar refractivity (Wildman–Crippen MR) is 71.3 cm³/mol. The quantitative estimate of drug-likeness (QED) is 0.688. The molecule has 19 heavy (non-hydrogen) atoms. The molecule has 2 aliphatic carbocycles. The fraction of sp³-hybridized carbons (Fsp3) is 0.938. The monoisotopic (exact) mass is 268 g/mol. The van der Waals surface area contributed by atoms with Crippen LogP contribution in [0.2, 0.25) is 0 Å². The van der Waals surface area contributed by atoms with Gasteiger partial charge in [-0.2, -0.15) is 4.39 Å². The van der Waals surface area contributed by atoms with Crippen LogP contribution in [0.1, 0.15) is 77.0 Å². The minimum atomic E-state index is -1.66. The third kappa shape index (κ3) is 2.66. The Morgan fingerprint density at radius 2 is 1.68 bits per heavy atom. The van der Waals surface area contributed by atoms with E-state index < -0.39 is 11.3 Å². The minimum absolute atomic E-state index is 0.245. The molecule has 1 atom stereocenters. The number of hydrogen-bond acceptors (Lipinski definition) is 2. The number of cyclic esters (lactones) is 1. The van der Waals surface area contributed by atoms with Crippen molar-refractivity contribution < 1.29 is 13.9 Å². The highest BCUT2D eigenvalue weighted by molar-refractivity contribution is 5.79. The van der Waals surface area contributed by atoms with Gasteiger partial charge in [-0.25, -0.2) is 0 Å². The zero-order valence-electron chi connectivity index (χ0n) is 11.8. The molecule has 1 heterocycles. The molecule has 3 aliphatic rings. The van der Waals surface area contributed by atoms with Gasteiger partial charge in [-0.05, 0) is 18.8 Å². The van der Waals surface area contributed by atoms with Crippen molar-refractivity contribution in [2.75, 3.05) is 0 Å². The van der Waals surface area contributed by atoms with Gasteiger partial charge in [-0.3, -0.25) is 4.79 Å². The summed E-state index contributed by atoms with van der Waals surface area (Å²) in [6.45, 7) is 0. The number of alkyl halides is 1. The molecule has 2 saturated carbocycles. The lowest BCUT2D eigenvalue weighted by molar-refractivity contribution is -0.171. The van der Waals surface area contributed by atoms with E-state index in [0.29, 0.717) is 18.8 Å². The predicted octanol–water partition coefficient (Wildman–Crippen LogP) is 4.52. The van der Waals surface area contributed by atoms with E-state index >= 15 is 0 Å². The Morgan fingerprint density at radius 1 is 1.05 bits per heavy atom. The second-order valence-corrected chi connectivity index (χ2v) is 7.00. The van der Waals surface area contributed by atoms with Gasteiger partial charge in [0.1, 0.15) is 0 Å². The highest BCUT2D eigenvalue weighted by atomic mass is 19.2. The molecule has 0 aromatic rings. The zero-order valence-corrected chi connectivity index (χ0v) is 11.8. The number of esters is 1. The van der Waals surface area contributed by atoms with Crippen molar-refractivity contribution in [3.8, 4) is 0 Å². The topological polar surface area (TPSA) is 26.3 Å². The molecule has 1 saturated heterocycles. The lowest BCUT2D eigenvalue weighted by Gasteiger charge is -2.30. The second kappa shape index (κ2) is 5.06. The van der Waals surface area contributed by atoms with Crippen molar-refractivity contribution in [2.24, 2.45) is 11.3 Å². The van der Waals surface area contributed by atoms with Crippen molar-refractivity contribution >= 4 is 5.97 Å². The number of hydrogen-bond donors (Lipinski definition) is 0. The van der Waals surface area contributed by atoms with Crippen molar-refractivity contribution in [3.05, 3.63) is 0 Å². The zero-order chi connectivity index (χ0) is 13.3. The van der Waals surface area contributed by atoms with Crippen molar-refractivity contribution in [1.82, 2.24) is 0 Å². The molecule has 0 amide bonds. The normalized spacial score (nSPS) is 35.5. The van der Waals surface area contributed by atoms with Gasteiger partial charge in [-0.15, -0.1) is 0 Å². The van der Waals surface area contributed by atoms with E-state index in [2.05, 4.69) is 0 Å². The standard InChI is InChI=1S/C16H25FO2/c17-16(11-13-7-3-1-4-8-13)12-15(14(18)19-16)9-5-2-6-10-15/h13H,1-12H2. The molecule has 0 N–H and O–H groups in total. The molecule has 0 aromatic heterocycles. The lowest BCUT2D eigenvalue weighted by Crippen LogP contribution is -2.30. The first kappa shape index (κ1) is 13.4. The van der Waals surface area contributed by atoms with Gasteiger partial charge in [-0.1, -0.05) is 51.4 Å². The van der Waals surface area contributed by atoms with Crippen LogP contribution in [0, 0.1) is 11.3 Å². The van der Waals surface area contributed by atoms with E-state index in [4.69, 9.17) is 4.74 Å². The molecule has 108 valence electrons. The van der Waals surface area contributed by atoms with Crippen molar-refractivity contribution in [2.45, 2.75) is 82.9 Å². The van der Waals surface area contributed by atoms with Crippen LogP contribution in [0.4, 0.5) is 4.39 Å². The third-order valence-electron chi connectivity index (χ3n) is 5.44. The average Bonchev–Trinajstić information content (AvgIpc) is 2.62. The van der Waals surface area contributed by atoms with E-state index in [-0.39, 0.29) is 5.97 Å². The molecule has 1 unspecified atom stereocenters. The Bertz CT molecular complexity index is 343.